The van der Waals surface area contributed by atoms with Crippen LogP contribution >= 0.6 is 11.6 Å². The van der Waals surface area contributed by atoms with Gasteiger partial charge in [-0.2, -0.15) is 0 Å². The lowest BCUT2D eigenvalue weighted by Crippen LogP contribution is -2.36. The first-order valence-electron chi connectivity index (χ1n) is 10.3. The molecule has 3 aliphatic heterocycles. The maximum Gasteiger partial charge on any atom is 0.253 e. The second kappa shape index (κ2) is 7.84. The molecule has 1 aromatic heterocycles. The minimum Gasteiger partial charge on any atom is -0.378 e. The number of halogens is 1. The molecule has 1 amide bonds. The lowest BCUT2D eigenvalue weighted by atomic mass is 10.0. The molecule has 5 rings (SSSR count). The molecular weight excluding hydrogens is 388 g/mol. The van der Waals surface area contributed by atoms with Crippen molar-refractivity contribution in [2.45, 2.75) is 0 Å². The summed E-state index contributed by atoms with van der Waals surface area (Å²) >= 11 is 5.95. The molecule has 3 aliphatic rings. The van der Waals surface area contributed by atoms with E-state index in [1.54, 1.807) is 6.20 Å². The van der Waals surface area contributed by atoms with Gasteiger partial charge >= 0.3 is 0 Å². The van der Waals surface area contributed by atoms with Crippen LogP contribution in [0.5, 0.6) is 0 Å². The van der Waals surface area contributed by atoms with E-state index in [2.05, 4.69) is 26.9 Å². The maximum absolute atomic E-state index is 13.0. The highest BCUT2D eigenvalue weighted by molar-refractivity contribution is 6.30. The Kier molecular flexibility index (Phi) is 5.06. The quantitative estimate of drug-likeness (QED) is 0.775. The molecule has 0 radical (unpaired) electrons. The average molecular weight is 413 g/mol. The second-order valence-electron chi connectivity index (χ2n) is 8.12. The highest BCUT2D eigenvalue weighted by Crippen LogP contribution is 2.34. The standard InChI is InChI=1S/C22H25ClN4O2/c23-19-3-6-21(24-11-19)26-12-17-14-27(15-18(17)13-26)22(28)16-1-4-20(5-2-16)25-7-9-29-10-8-25/h1-6,11,17-18H,7-10,12-15H2. The monoisotopic (exact) mass is 412 g/mol. The van der Waals surface area contributed by atoms with Crippen LogP contribution in [0.4, 0.5) is 11.5 Å². The lowest BCUT2D eigenvalue weighted by Gasteiger charge is -2.29. The van der Waals surface area contributed by atoms with Crippen LogP contribution in [-0.2, 0) is 4.74 Å². The number of amides is 1. The topological polar surface area (TPSA) is 48.9 Å². The van der Waals surface area contributed by atoms with E-state index in [-0.39, 0.29) is 5.91 Å². The van der Waals surface area contributed by atoms with Crippen LogP contribution in [-0.4, -0.2) is 68.3 Å². The van der Waals surface area contributed by atoms with E-state index >= 15 is 0 Å². The first-order chi connectivity index (χ1) is 14.2. The largest absolute Gasteiger partial charge is 0.378 e. The van der Waals surface area contributed by atoms with Gasteiger partial charge < -0.3 is 19.4 Å². The Hall–Kier alpha value is -2.31. The molecule has 3 saturated heterocycles. The van der Waals surface area contributed by atoms with Gasteiger partial charge in [0.1, 0.15) is 5.82 Å². The molecule has 152 valence electrons. The van der Waals surface area contributed by atoms with Gasteiger partial charge in [-0.3, -0.25) is 4.79 Å². The summed E-state index contributed by atoms with van der Waals surface area (Å²) in [6.07, 6.45) is 1.70. The minimum atomic E-state index is 0.143. The maximum atomic E-state index is 13.0. The summed E-state index contributed by atoms with van der Waals surface area (Å²) < 4.78 is 5.41. The van der Waals surface area contributed by atoms with Crippen LogP contribution in [0.15, 0.2) is 42.6 Å². The summed E-state index contributed by atoms with van der Waals surface area (Å²) in [4.78, 5) is 24.1. The summed E-state index contributed by atoms with van der Waals surface area (Å²) in [6.45, 7) is 6.86. The van der Waals surface area contributed by atoms with Gasteiger partial charge in [-0.1, -0.05) is 11.6 Å². The molecule has 3 fully saturated rings. The summed E-state index contributed by atoms with van der Waals surface area (Å²) in [6, 6.07) is 11.9. The fraction of sp³-hybridized carbons (Fsp3) is 0.455. The van der Waals surface area contributed by atoms with E-state index in [4.69, 9.17) is 16.3 Å². The highest BCUT2D eigenvalue weighted by atomic mass is 35.5. The van der Waals surface area contributed by atoms with Crippen molar-refractivity contribution >= 4 is 29.0 Å². The molecule has 6 nitrogen and oxygen atoms in total. The molecule has 1 aromatic carbocycles. The Balaban J connectivity index is 1.20. The summed E-state index contributed by atoms with van der Waals surface area (Å²) in [5, 5.41) is 0.657. The Morgan fingerprint density at radius 1 is 0.931 bits per heavy atom. The first-order valence-corrected chi connectivity index (χ1v) is 10.6. The van der Waals surface area contributed by atoms with Crippen molar-refractivity contribution in [3.05, 3.63) is 53.2 Å². The predicted octanol–water partition coefficient (Wildman–Crippen LogP) is 2.78. The van der Waals surface area contributed by atoms with Gasteiger partial charge in [0.15, 0.2) is 0 Å². The summed E-state index contributed by atoms with van der Waals surface area (Å²) in [5.41, 5.74) is 1.94. The van der Waals surface area contributed by atoms with Gasteiger partial charge in [-0.15, -0.1) is 0 Å². The zero-order valence-electron chi connectivity index (χ0n) is 16.3. The molecule has 0 saturated carbocycles. The number of carbonyl (C=O) groups is 1. The molecule has 0 bridgehead atoms. The Morgan fingerprint density at radius 3 is 2.24 bits per heavy atom. The number of ether oxygens (including phenoxy) is 1. The van der Waals surface area contributed by atoms with Crippen LogP contribution in [0.3, 0.4) is 0 Å². The smallest absolute Gasteiger partial charge is 0.253 e. The van der Waals surface area contributed by atoms with E-state index < -0.39 is 0 Å². The van der Waals surface area contributed by atoms with Gasteiger partial charge in [0.25, 0.3) is 5.91 Å². The molecule has 2 atom stereocenters. The van der Waals surface area contributed by atoms with E-state index in [9.17, 15) is 4.79 Å². The zero-order chi connectivity index (χ0) is 19.8. The Morgan fingerprint density at radius 2 is 1.62 bits per heavy atom. The number of hydrogen-bond donors (Lipinski definition) is 0. The molecule has 7 heteroatoms. The molecule has 29 heavy (non-hydrogen) atoms. The van der Waals surface area contributed by atoms with Gasteiger partial charge in [-0.05, 0) is 36.4 Å². The molecule has 4 heterocycles. The number of fused-ring (bicyclic) bond motifs is 1. The van der Waals surface area contributed by atoms with Crippen molar-refractivity contribution in [3.8, 4) is 0 Å². The molecule has 0 spiro atoms. The van der Waals surface area contributed by atoms with E-state index in [0.717, 1.165) is 69.6 Å². The number of carbonyl (C=O) groups excluding carboxylic acids is 1. The van der Waals surface area contributed by atoms with Gasteiger partial charge in [0.05, 0.1) is 18.2 Å². The van der Waals surface area contributed by atoms with Crippen molar-refractivity contribution in [1.82, 2.24) is 9.88 Å². The Bertz CT molecular complexity index is 853. The molecular formula is C22H25ClN4O2. The van der Waals surface area contributed by atoms with E-state index in [1.807, 2.05) is 29.2 Å². The first kappa shape index (κ1) is 18.7. The number of anilines is 2. The number of aromatic nitrogens is 1. The van der Waals surface area contributed by atoms with Crippen molar-refractivity contribution in [3.63, 3.8) is 0 Å². The highest BCUT2D eigenvalue weighted by Gasteiger charge is 2.42. The molecule has 0 aliphatic carbocycles. The number of rotatable bonds is 3. The van der Waals surface area contributed by atoms with Crippen LogP contribution in [0.2, 0.25) is 5.02 Å². The van der Waals surface area contributed by atoms with Crippen LogP contribution < -0.4 is 9.80 Å². The number of nitrogens with zero attached hydrogens (tertiary/aromatic N) is 4. The third kappa shape index (κ3) is 3.79. The average Bonchev–Trinajstić information content (AvgIpc) is 3.34. The number of likely N-dealkylation sites (tertiary alicyclic amines) is 1. The number of benzene rings is 1. The van der Waals surface area contributed by atoms with Crippen molar-refractivity contribution in [1.29, 1.82) is 0 Å². The third-order valence-corrected chi connectivity index (χ3v) is 6.52. The van der Waals surface area contributed by atoms with Crippen LogP contribution in [0.1, 0.15) is 10.4 Å². The fourth-order valence-electron chi connectivity index (χ4n) is 4.72. The molecule has 2 aromatic rings. The van der Waals surface area contributed by atoms with Crippen LogP contribution in [0, 0.1) is 11.8 Å². The SMILES string of the molecule is O=C(c1ccc(N2CCOCC2)cc1)N1CC2CN(c3ccc(Cl)cn3)CC2C1. The second-order valence-corrected chi connectivity index (χ2v) is 8.55. The molecule has 2 unspecified atom stereocenters. The van der Waals surface area contributed by atoms with Crippen molar-refractivity contribution < 1.29 is 9.53 Å². The van der Waals surface area contributed by atoms with E-state index in [0.29, 0.717) is 16.9 Å². The summed E-state index contributed by atoms with van der Waals surface area (Å²) in [5.74, 6) is 2.12. The van der Waals surface area contributed by atoms with Gasteiger partial charge in [-0.25, -0.2) is 4.98 Å². The van der Waals surface area contributed by atoms with E-state index in [1.165, 1.54) is 0 Å². The van der Waals surface area contributed by atoms with Crippen molar-refractivity contribution in [2.75, 3.05) is 62.3 Å². The van der Waals surface area contributed by atoms with Gasteiger partial charge in [0, 0.05) is 68.6 Å². The predicted molar refractivity (Wildman–Crippen MR) is 114 cm³/mol. The van der Waals surface area contributed by atoms with Crippen LogP contribution in [0.25, 0.3) is 0 Å². The Labute approximate surface area is 176 Å². The van der Waals surface area contributed by atoms with Gasteiger partial charge in [0.2, 0.25) is 0 Å². The lowest BCUT2D eigenvalue weighted by molar-refractivity contribution is 0.0782. The fourth-order valence-corrected chi connectivity index (χ4v) is 4.83. The normalized spacial score (nSPS) is 24.1. The number of hydrogen-bond acceptors (Lipinski definition) is 5. The third-order valence-electron chi connectivity index (χ3n) is 6.30. The summed E-state index contributed by atoms with van der Waals surface area (Å²) in [7, 11) is 0. The zero-order valence-corrected chi connectivity index (χ0v) is 17.1. The number of pyridine rings is 1. The molecule has 0 N–H and O–H groups in total. The minimum absolute atomic E-state index is 0.143. The van der Waals surface area contributed by atoms with Crippen molar-refractivity contribution in [2.24, 2.45) is 11.8 Å². The number of morpholine rings is 1.